The molecule has 4 nitrogen and oxygen atoms in total. The predicted molar refractivity (Wildman–Crippen MR) is 65.7 cm³/mol. The van der Waals surface area contributed by atoms with Crippen molar-refractivity contribution in [2.75, 3.05) is 54.1 Å². The van der Waals surface area contributed by atoms with Crippen molar-refractivity contribution in [3.8, 4) is 0 Å². The highest BCUT2D eigenvalue weighted by molar-refractivity contribution is 5.08. The summed E-state index contributed by atoms with van der Waals surface area (Å²) in [6, 6.07) is 0.468. The number of hydrogen-bond acceptors (Lipinski definition) is 4. The highest BCUT2D eigenvalue weighted by atomic mass is 16.5. The quantitative estimate of drug-likeness (QED) is 0.643. The topological polar surface area (TPSA) is 33.7 Å². The molecule has 1 rings (SSSR count). The van der Waals surface area contributed by atoms with Crippen LogP contribution in [0, 0.1) is 0 Å². The number of ether oxygens (including phenoxy) is 2. The second kappa shape index (κ2) is 7.79. The number of hydrogen-bond donors (Lipinski definition) is 1. The summed E-state index contributed by atoms with van der Waals surface area (Å²) in [4.78, 5) is 2.46. The molecule has 0 aromatic heterocycles. The van der Waals surface area contributed by atoms with Crippen LogP contribution in [-0.2, 0) is 9.47 Å². The smallest absolute Gasteiger partial charge is 0.0673 e. The van der Waals surface area contributed by atoms with Crippen molar-refractivity contribution >= 4 is 0 Å². The SMILES string of the molecule is CNCC(COC)N1CC=C(COC)CC1. The normalized spacial score (nSPS) is 19.6. The third-order valence-electron chi connectivity index (χ3n) is 2.98. The van der Waals surface area contributed by atoms with E-state index >= 15 is 0 Å². The van der Waals surface area contributed by atoms with Gasteiger partial charge in [0.25, 0.3) is 0 Å². The van der Waals surface area contributed by atoms with Gasteiger partial charge >= 0.3 is 0 Å². The van der Waals surface area contributed by atoms with E-state index < -0.39 is 0 Å². The molecule has 16 heavy (non-hydrogen) atoms. The molecule has 0 saturated carbocycles. The maximum atomic E-state index is 5.26. The Hall–Kier alpha value is -0.420. The second-order valence-corrected chi connectivity index (χ2v) is 4.21. The van der Waals surface area contributed by atoms with Crippen LogP contribution in [0.1, 0.15) is 6.42 Å². The van der Waals surface area contributed by atoms with Crippen LogP contribution in [0.3, 0.4) is 0 Å². The molecular weight excluding hydrogens is 204 g/mol. The van der Waals surface area contributed by atoms with Gasteiger partial charge in [0.05, 0.1) is 13.2 Å². The van der Waals surface area contributed by atoms with Gasteiger partial charge in [-0.05, 0) is 19.0 Å². The molecule has 1 unspecified atom stereocenters. The minimum absolute atomic E-state index is 0.468. The van der Waals surface area contributed by atoms with Crippen LogP contribution in [0.2, 0.25) is 0 Å². The van der Waals surface area contributed by atoms with Crippen molar-refractivity contribution in [2.45, 2.75) is 12.5 Å². The summed E-state index contributed by atoms with van der Waals surface area (Å²) in [6.45, 7) is 4.64. The first kappa shape index (κ1) is 13.6. The highest BCUT2D eigenvalue weighted by Gasteiger charge is 2.19. The summed E-state index contributed by atoms with van der Waals surface area (Å²) < 4.78 is 10.4. The standard InChI is InChI=1S/C12H24N2O2/c1-13-8-12(10-16-3)14-6-4-11(5-7-14)9-15-2/h4,12-13H,5-10H2,1-3H3. The highest BCUT2D eigenvalue weighted by Crippen LogP contribution is 2.13. The van der Waals surface area contributed by atoms with Crippen LogP contribution in [0.25, 0.3) is 0 Å². The Bertz CT molecular complexity index is 213. The maximum Gasteiger partial charge on any atom is 0.0673 e. The molecule has 0 radical (unpaired) electrons. The van der Waals surface area contributed by atoms with Crippen molar-refractivity contribution < 1.29 is 9.47 Å². The molecule has 1 aliphatic heterocycles. The zero-order valence-electron chi connectivity index (χ0n) is 10.7. The molecule has 0 spiro atoms. The lowest BCUT2D eigenvalue weighted by Gasteiger charge is -2.33. The molecule has 94 valence electrons. The number of nitrogens with one attached hydrogen (secondary N) is 1. The van der Waals surface area contributed by atoms with Gasteiger partial charge in [0.15, 0.2) is 0 Å². The first-order valence-electron chi connectivity index (χ1n) is 5.86. The van der Waals surface area contributed by atoms with E-state index in [-0.39, 0.29) is 0 Å². The predicted octanol–water partition coefficient (Wildman–Crippen LogP) is 0.499. The number of rotatable bonds is 7. The molecule has 0 aliphatic carbocycles. The monoisotopic (exact) mass is 228 g/mol. The summed E-state index contributed by atoms with van der Waals surface area (Å²) in [5, 5.41) is 3.22. The van der Waals surface area contributed by atoms with E-state index in [0.717, 1.165) is 39.3 Å². The molecule has 0 amide bonds. The summed E-state index contributed by atoms with van der Waals surface area (Å²) in [6.07, 6.45) is 3.39. The molecule has 0 aromatic rings. The van der Waals surface area contributed by atoms with Gasteiger partial charge in [-0.15, -0.1) is 0 Å². The molecule has 1 atom stereocenters. The summed E-state index contributed by atoms with van der Waals surface area (Å²) in [5.41, 5.74) is 1.42. The van der Waals surface area contributed by atoms with Crippen molar-refractivity contribution in [1.82, 2.24) is 10.2 Å². The largest absolute Gasteiger partial charge is 0.383 e. The zero-order chi connectivity index (χ0) is 11.8. The lowest BCUT2D eigenvalue weighted by atomic mass is 10.1. The van der Waals surface area contributed by atoms with E-state index in [9.17, 15) is 0 Å². The second-order valence-electron chi connectivity index (χ2n) is 4.21. The van der Waals surface area contributed by atoms with Crippen LogP contribution in [0.4, 0.5) is 0 Å². The van der Waals surface area contributed by atoms with E-state index in [4.69, 9.17) is 9.47 Å². The van der Waals surface area contributed by atoms with Gasteiger partial charge in [-0.3, -0.25) is 4.90 Å². The fourth-order valence-electron chi connectivity index (χ4n) is 2.10. The zero-order valence-corrected chi connectivity index (χ0v) is 10.7. The van der Waals surface area contributed by atoms with Gasteiger partial charge in [-0.1, -0.05) is 6.08 Å². The fourth-order valence-corrected chi connectivity index (χ4v) is 2.10. The van der Waals surface area contributed by atoms with Gasteiger partial charge in [0.1, 0.15) is 0 Å². The third-order valence-corrected chi connectivity index (χ3v) is 2.98. The van der Waals surface area contributed by atoms with Crippen LogP contribution in [0.5, 0.6) is 0 Å². The molecule has 1 aliphatic rings. The van der Waals surface area contributed by atoms with Gasteiger partial charge in [0.2, 0.25) is 0 Å². The molecule has 0 saturated heterocycles. The minimum Gasteiger partial charge on any atom is -0.383 e. The van der Waals surface area contributed by atoms with Crippen LogP contribution in [0.15, 0.2) is 11.6 Å². The summed E-state index contributed by atoms with van der Waals surface area (Å²) >= 11 is 0. The van der Waals surface area contributed by atoms with E-state index in [2.05, 4.69) is 16.3 Å². The Morgan fingerprint density at radius 3 is 2.75 bits per heavy atom. The Labute approximate surface area is 98.6 Å². The Morgan fingerprint density at radius 1 is 1.44 bits per heavy atom. The lowest BCUT2D eigenvalue weighted by Crippen LogP contribution is -2.46. The first-order chi connectivity index (χ1) is 7.81. The molecular formula is C12H24N2O2. The fraction of sp³-hybridized carbons (Fsp3) is 0.833. The van der Waals surface area contributed by atoms with Crippen LogP contribution < -0.4 is 5.32 Å². The minimum atomic E-state index is 0.468. The van der Waals surface area contributed by atoms with Gasteiger partial charge in [-0.25, -0.2) is 0 Å². The van der Waals surface area contributed by atoms with Crippen molar-refractivity contribution in [3.05, 3.63) is 11.6 Å². The molecule has 1 N–H and O–H groups in total. The molecule has 1 heterocycles. The summed E-state index contributed by atoms with van der Waals surface area (Å²) in [7, 11) is 5.50. The number of methoxy groups -OCH3 is 2. The van der Waals surface area contributed by atoms with Crippen LogP contribution >= 0.6 is 0 Å². The molecule has 0 bridgehead atoms. The van der Waals surface area contributed by atoms with E-state index in [1.54, 1.807) is 14.2 Å². The van der Waals surface area contributed by atoms with E-state index in [1.165, 1.54) is 5.57 Å². The molecule has 0 fully saturated rings. The Balaban J connectivity index is 2.42. The number of nitrogens with zero attached hydrogens (tertiary/aromatic N) is 1. The number of likely N-dealkylation sites (N-methyl/N-ethyl adjacent to an activating group) is 1. The molecule has 4 heteroatoms. The van der Waals surface area contributed by atoms with Crippen LogP contribution in [-0.4, -0.2) is 65.1 Å². The van der Waals surface area contributed by atoms with Gasteiger partial charge < -0.3 is 14.8 Å². The molecule has 0 aromatic carbocycles. The van der Waals surface area contributed by atoms with Gasteiger partial charge in [-0.2, -0.15) is 0 Å². The Morgan fingerprint density at radius 2 is 2.25 bits per heavy atom. The lowest BCUT2D eigenvalue weighted by molar-refractivity contribution is 0.0934. The van der Waals surface area contributed by atoms with Gasteiger partial charge in [0, 0.05) is 39.9 Å². The Kier molecular flexibility index (Phi) is 6.64. The van der Waals surface area contributed by atoms with Crippen molar-refractivity contribution in [1.29, 1.82) is 0 Å². The first-order valence-corrected chi connectivity index (χ1v) is 5.86. The van der Waals surface area contributed by atoms with E-state index in [1.807, 2.05) is 7.05 Å². The van der Waals surface area contributed by atoms with Crippen molar-refractivity contribution in [2.24, 2.45) is 0 Å². The maximum absolute atomic E-state index is 5.26. The summed E-state index contributed by atoms with van der Waals surface area (Å²) in [5.74, 6) is 0. The average Bonchev–Trinajstić information content (AvgIpc) is 2.30. The van der Waals surface area contributed by atoms with E-state index in [0.29, 0.717) is 6.04 Å². The average molecular weight is 228 g/mol. The van der Waals surface area contributed by atoms with Crippen molar-refractivity contribution in [3.63, 3.8) is 0 Å². The third kappa shape index (κ3) is 4.22.